The molecule has 0 bridgehead atoms. The summed E-state index contributed by atoms with van der Waals surface area (Å²) in [5, 5.41) is 11.6. The van der Waals surface area contributed by atoms with Gasteiger partial charge in [0.2, 0.25) is 0 Å². The topological polar surface area (TPSA) is 42.6 Å². The van der Waals surface area contributed by atoms with Gasteiger partial charge in [0.25, 0.3) is 0 Å². The van der Waals surface area contributed by atoms with E-state index >= 15 is 0 Å². The highest BCUT2D eigenvalue weighted by Crippen LogP contribution is 2.35. The lowest BCUT2D eigenvalue weighted by Gasteiger charge is -2.33. The Morgan fingerprint density at radius 3 is 2.55 bits per heavy atom. The molecule has 1 aromatic heterocycles. The Bertz CT molecular complexity index is 577. The zero-order valence-corrected chi connectivity index (χ0v) is 12.9. The van der Waals surface area contributed by atoms with Crippen LogP contribution in [-0.4, -0.2) is 17.8 Å². The van der Waals surface area contributed by atoms with Crippen LogP contribution in [0.15, 0.2) is 28.7 Å². The molecule has 20 heavy (non-hydrogen) atoms. The minimum atomic E-state index is -0.761. The Hall–Kier alpha value is -1.32. The summed E-state index contributed by atoms with van der Waals surface area (Å²) in [6.45, 7) is 10.7. The van der Waals surface area contributed by atoms with Gasteiger partial charge in [0.15, 0.2) is 0 Å². The number of fused-ring (bicyclic) bond motifs is 1. The first-order chi connectivity index (χ1) is 9.32. The van der Waals surface area contributed by atoms with Gasteiger partial charge in [-0.05, 0) is 37.5 Å². The number of aliphatic hydroxyl groups excluding tert-OH is 1. The van der Waals surface area contributed by atoms with Crippen molar-refractivity contribution in [1.29, 1.82) is 0 Å². The molecular weight excluding hydrogens is 252 g/mol. The molecule has 110 valence electrons. The first kappa shape index (κ1) is 15.1. The number of ether oxygens (including phenoxy) is 1. The van der Waals surface area contributed by atoms with E-state index in [9.17, 15) is 5.11 Å². The Morgan fingerprint density at radius 1 is 1.25 bits per heavy atom. The van der Waals surface area contributed by atoms with Gasteiger partial charge in [-0.1, -0.05) is 32.4 Å². The standard InChI is InChI=1S/C17H24O3/c1-6-19-16(17(3,4)5)15(18)14-10-12-9-11(2)7-8-13(12)20-14/h7-10,15-16,18H,6H2,1-5H3. The van der Waals surface area contributed by atoms with E-state index in [1.54, 1.807) is 0 Å². The monoisotopic (exact) mass is 276 g/mol. The van der Waals surface area contributed by atoms with Crippen molar-refractivity contribution in [3.8, 4) is 0 Å². The zero-order chi connectivity index (χ0) is 14.9. The summed E-state index contributed by atoms with van der Waals surface area (Å²) in [7, 11) is 0. The maximum atomic E-state index is 10.6. The second kappa shape index (κ2) is 5.58. The molecule has 0 aliphatic rings. The molecule has 0 saturated carbocycles. The molecule has 0 aliphatic heterocycles. The van der Waals surface area contributed by atoms with E-state index in [0.29, 0.717) is 12.4 Å². The van der Waals surface area contributed by atoms with E-state index in [4.69, 9.17) is 9.15 Å². The summed E-state index contributed by atoms with van der Waals surface area (Å²) in [6.07, 6.45) is -1.06. The minimum Gasteiger partial charge on any atom is -0.458 e. The molecule has 1 heterocycles. The van der Waals surface area contributed by atoms with Crippen LogP contribution in [0.5, 0.6) is 0 Å². The van der Waals surface area contributed by atoms with Crippen LogP contribution in [0.1, 0.15) is 45.1 Å². The van der Waals surface area contributed by atoms with Crippen LogP contribution in [0.4, 0.5) is 0 Å². The number of furan rings is 1. The van der Waals surface area contributed by atoms with Crippen molar-refractivity contribution >= 4 is 11.0 Å². The maximum absolute atomic E-state index is 10.6. The minimum absolute atomic E-state index is 0.162. The molecule has 0 saturated heterocycles. The Kier molecular flexibility index (Phi) is 4.21. The predicted octanol–water partition coefficient (Wildman–Crippen LogP) is 4.23. The zero-order valence-electron chi connectivity index (χ0n) is 12.9. The average molecular weight is 276 g/mol. The smallest absolute Gasteiger partial charge is 0.138 e. The normalized spacial score (nSPS) is 15.5. The molecule has 0 fully saturated rings. The van der Waals surface area contributed by atoms with Crippen molar-refractivity contribution in [1.82, 2.24) is 0 Å². The molecule has 3 heteroatoms. The highest BCUT2D eigenvalue weighted by Gasteiger charge is 2.34. The largest absolute Gasteiger partial charge is 0.458 e. The summed E-state index contributed by atoms with van der Waals surface area (Å²) >= 11 is 0. The van der Waals surface area contributed by atoms with Gasteiger partial charge < -0.3 is 14.3 Å². The molecule has 0 spiro atoms. The van der Waals surface area contributed by atoms with Crippen LogP contribution in [0, 0.1) is 12.3 Å². The maximum Gasteiger partial charge on any atom is 0.138 e. The van der Waals surface area contributed by atoms with E-state index in [2.05, 4.69) is 26.8 Å². The van der Waals surface area contributed by atoms with Crippen molar-refractivity contribution in [3.63, 3.8) is 0 Å². The Balaban J connectivity index is 2.35. The van der Waals surface area contributed by atoms with Crippen LogP contribution >= 0.6 is 0 Å². The van der Waals surface area contributed by atoms with E-state index in [0.717, 1.165) is 11.0 Å². The lowest BCUT2D eigenvalue weighted by atomic mass is 9.85. The van der Waals surface area contributed by atoms with Gasteiger partial charge in [0.05, 0.1) is 6.10 Å². The molecule has 2 aromatic rings. The summed E-state index contributed by atoms with van der Waals surface area (Å²) in [5.41, 5.74) is 1.81. The van der Waals surface area contributed by atoms with Crippen LogP contribution in [0.2, 0.25) is 0 Å². The third-order valence-electron chi connectivity index (χ3n) is 3.47. The number of hydrogen-bond donors (Lipinski definition) is 1. The molecule has 3 nitrogen and oxygen atoms in total. The molecule has 1 N–H and O–H groups in total. The fourth-order valence-electron chi connectivity index (χ4n) is 2.47. The molecule has 0 amide bonds. The number of hydrogen-bond acceptors (Lipinski definition) is 3. The lowest BCUT2D eigenvalue weighted by Crippen LogP contribution is -2.35. The van der Waals surface area contributed by atoms with Crippen molar-refractivity contribution in [3.05, 3.63) is 35.6 Å². The first-order valence-corrected chi connectivity index (χ1v) is 7.12. The van der Waals surface area contributed by atoms with Gasteiger partial charge in [-0.15, -0.1) is 0 Å². The van der Waals surface area contributed by atoms with Crippen LogP contribution in [0.25, 0.3) is 11.0 Å². The van der Waals surface area contributed by atoms with Crippen molar-refractivity contribution in [2.24, 2.45) is 5.41 Å². The van der Waals surface area contributed by atoms with Gasteiger partial charge in [-0.2, -0.15) is 0 Å². The van der Waals surface area contributed by atoms with Crippen LogP contribution in [0.3, 0.4) is 0 Å². The Labute approximate surface area is 120 Å². The second-order valence-electron chi connectivity index (χ2n) is 6.38. The number of aliphatic hydroxyl groups is 1. The van der Waals surface area contributed by atoms with E-state index in [1.807, 2.05) is 32.0 Å². The van der Waals surface area contributed by atoms with Crippen LogP contribution < -0.4 is 0 Å². The third kappa shape index (κ3) is 3.05. The van der Waals surface area contributed by atoms with Crippen molar-refractivity contribution in [2.75, 3.05) is 6.61 Å². The fourth-order valence-corrected chi connectivity index (χ4v) is 2.47. The first-order valence-electron chi connectivity index (χ1n) is 7.12. The summed E-state index contributed by atoms with van der Waals surface area (Å²) < 4.78 is 11.5. The number of rotatable bonds is 4. The van der Waals surface area contributed by atoms with E-state index in [1.165, 1.54) is 5.56 Å². The van der Waals surface area contributed by atoms with Crippen molar-refractivity contribution in [2.45, 2.75) is 46.8 Å². The van der Waals surface area contributed by atoms with Gasteiger partial charge in [-0.25, -0.2) is 0 Å². The summed E-state index contributed by atoms with van der Waals surface area (Å²) in [5.74, 6) is 0.568. The summed E-state index contributed by atoms with van der Waals surface area (Å²) in [4.78, 5) is 0. The number of aryl methyl sites for hydroxylation is 1. The van der Waals surface area contributed by atoms with Gasteiger partial charge in [0.1, 0.15) is 17.4 Å². The van der Waals surface area contributed by atoms with Gasteiger partial charge in [-0.3, -0.25) is 0 Å². The molecule has 0 aliphatic carbocycles. The van der Waals surface area contributed by atoms with Crippen molar-refractivity contribution < 1.29 is 14.3 Å². The van der Waals surface area contributed by atoms with E-state index in [-0.39, 0.29) is 11.5 Å². The lowest BCUT2D eigenvalue weighted by molar-refractivity contribution is -0.0959. The number of benzene rings is 1. The SMILES string of the molecule is CCOC(C(O)c1cc2cc(C)ccc2o1)C(C)(C)C. The second-order valence-corrected chi connectivity index (χ2v) is 6.38. The average Bonchev–Trinajstić information content (AvgIpc) is 2.76. The predicted molar refractivity (Wildman–Crippen MR) is 80.8 cm³/mol. The Morgan fingerprint density at radius 2 is 1.95 bits per heavy atom. The molecule has 0 radical (unpaired) electrons. The highest BCUT2D eigenvalue weighted by atomic mass is 16.5. The molecular formula is C17H24O3. The van der Waals surface area contributed by atoms with Gasteiger partial charge in [0, 0.05) is 12.0 Å². The molecule has 2 unspecified atom stereocenters. The van der Waals surface area contributed by atoms with Crippen LogP contribution in [-0.2, 0) is 4.74 Å². The quantitative estimate of drug-likeness (QED) is 0.909. The van der Waals surface area contributed by atoms with Gasteiger partial charge >= 0.3 is 0 Å². The highest BCUT2D eigenvalue weighted by molar-refractivity contribution is 5.78. The molecule has 2 atom stereocenters. The molecule has 1 aromatic carbocycles. The van der Waals surface area contributed by atoms with E-state index < -0.39 is 6.10 Å². The third-order valence-corrected chi connectivity index (χ3v) is 3.47. The molecule has 2 rings (SSSR count). The summed E-state index contributed by atoms with van der Waals surface area (Å²) in [6, 6.07) is 7.91. The fraction of sp³-hybridized carbons (Fsp3) is 0.529.